The third kappa shape index (κ3) is 4.71. The van der Waals surface area contributed by atoms with E-state index in [1.54, 1.807) is 30.0 Å². The van der Waals surface area contributed by atoms with E-state index < -0.39 is 6.09 Å². The predicted octanol–water partition coefficient (Wildman–Crippen LogP) is 3.74. The van der Waals surface area contributed by atoms with Crippen molar-refractivity contribution in [3.63, 3.8) is 0 Å². The zero-order chi connectivity index (χ0) is 21.7. The number of fused-ring (bicyclic) bond motifs is 1. The molecule has 0 saturated carbocycles. The molecule has 2 aromatic rings. The van der Waals surface area contributed by atoms with Crippen molar-refractivity contribution in [2.75, 3.05) is 34.0 Å². The van der Waals surface area contributed by atoms with Gasteiger partial charge >= 0.3 is 6.09 Å². The first kappa shape index (κ1) is 21.2. The first-order valence-corrected chi connectivity index (χ1v) is 9.89. The molecule has 3 amide bonds. The van der Waals surface area contributed by atoms with Gasteiger partial charge in [0, 0.05) is 23.8 Å². The van der Waals surface area contributed by atoms with Gasteiger partial charge in [-0.1, -0.05) is 18.2 Å². The number of carbonyl (C=O) groups is 3. The molecule has 1 atom stereocenters. The van der Waals surface area contributed by atoms with Crippen LogP contribution in [-0.4, -0.2) is 37.1 Å². The lowest BCUT2D eigenvalue weighted by Gasteiger charge is -2.28. The highest BCUT2D eigenvalue weighted by atomic mass is 16.5. The highest BCUT2D eigenvalue weighted by Crippen LogP contribution is 2.31. The third-order valence-electron chi connectivity index (χ3n) is 4.90. The van der Waals surface area contributed by atoms with Crippen LogP contribution in [0, 0.1) is 6.92 Å². The maximum atomic E-state index is 13.1. The molecular formula is C22H26N4O4. The van der Waals surface area contributed by atoms with E-state index in [1.807, 2.05) is 38.1 Å². The number of nitrogens with zero attached hydrogens (tertiary/aromatic N) is 1. The SMILES string of the molecule is CCOC(=O)Nc1cccc(NCC(=O)N2c3ccccc3NC(=O)C[C@@H]2C)c1C. The largest absolute Gasteiger partial charge is 0.450 e. The molecule has 3 N–H and O–H groups in total. The van der Waals surface area contributed by atoms with Crippen LogP contribution in [0.15, 0.2) is 42.5 Å². The first-order chi connectivity index (χ1) is 14.4. The Morgan fingerprint density at radius 2 is 1.90 bits per heavy atom. The second-order valence-electron chi connectivity index (χ2n) is 7.06. The topological polar surface area (TPSA) is 99.8 Å². The van der Waals surface area contributed by atoms with Gasteiger partial charge in [0.2, 0.25) is 11.8 Å². The van der Waals surface area contributed by atoms with Crippen molar-refractivity contribution in [3.8, 4) is 0 Å². The Balaban J connectivity index is 1.76. The fourth-order valence-corrected chi connectivity index (χ4v) is 3.46. The molecule has 0 radical (unpaired) electrons. The Hall–Kier alpha value is -3.55. The van der Waals surface area contributed by atoms with Gasteiger partial charge in [-0.3, -0.25) is 14.9 Å². The Morgan fingerprint density at radius 1 is 1.17 bits per heavy atom. The van der Waals surface area contributed by atoms with E-state index in [1.165, 1.54) is 0 Å². The molecule has 2 aromatic carbocycles. The zero-order valence-electron chi connectivity index (χ0n) is 17.3. The number of hydrogen-bond acceptors (Lipinski definition) is 5. The first-order valence-electron chi connectivity index (χ1n) is 9.89. The van der Waals surface area contributed by atoms with Gasteiger partial charge in [-0.25, -0.2) is 4.79 Å². The molecule has 1 aliphatic rings. The van der Waals surface area contributed by atoms with Crippen molar-refractivity contribution in [2.24, 2.45) is 0 Å². The van der Waals surface area contributed by atoms with Gasteiger partial charge in [-0.2, -0.15) is 0 Å². The molecule has 0 saturated heterocycles. The lowest BCUT2D eigenvalue weighted by atomic mass is 10.1. The van der Waals surface area contributed by atoms with Crippen molar-refractivity contribution in [1.82, 2.24) is 0 Å². The summed E-state index contributed by atoms with van der Waals surface area (Å²) in [4.78, 5) is 38.6. The van der Waals surface area contributed by atoms with Crippen LogP contribution in [0.1, 0.15) is 25.8 Å². The van der Waals surface area contributed by atoms with Crippen molar-refractivity contribution >= 4 is 40.7 Å². The number of benzene rings is 2. The predicted molar refractivity (Wildman–Crippen MR) is 117 cm³/mol. The van der Waals surface area contributed by atoms with E-state index in [9.17, 15) is 14.4 Å². The van der Waals surface area contributed by atoms with Crippen LogP contribution in [0.5, 0.6) is 0 Å². The minimum absolute atomic E-state index is 0.0383. The Bertz CT molecular complexity index is 960. The molecular weight excluding hydrogens is 384 g/mol. The van der Waals surface area contributed by atoms with E-state index in [2.05, 4.69) is 16.0 Å². The van der Waals surface area contributed by atoms with Gasteiger partial charge in [0.1, 0.15) is 0 Å². The van der Waals surface area contributed by atoms with E-state index in [0.29, 0.717) is 17.1 Å². The molecule has 8 nitrogen and oxygen atoms in total. The van der Waals surface area contributed by atoms with Crippen LogP contribution >= 0.6 is 0 Å². The lowest BCUT2D eigenvalue weighted by molar-refractivity contribution is -0.118. The molecule has 8 heteroatoms. The number of anilines is 4. The van der Waals surface area contributed by atoms with Crippen LogP contribution in [0.25, 0.3) is 0 Å². The molecule has 3 rings (SSSR count). The van der Waals surface area contributed by atoms with E-state index in [-0.39, 0.29) is 37.4 Å². The number of carbonyl (C=O) groups excluding carboxylic acids is 3. The number of hydrogen-bond donors (Lipinski definition) is 3. The summed E-state index contributed by atoms with van der Waals surface area (Å²) in [7, 11) is 0. The molecule has 0 aliphatic carbocycles. The standard InChI is InChI=1S/C22H26N4O4/c1-4-30-22(29)25-17-10-7-9-16(15(17)3)23-13-21(28)26-14(2)12-20(27)24-18-8-5-6-11-19(18)26/h5-11,14,23H,4,12-13H2,1-3H3,(H,24,27)(H,25,29)/t14-/m0/s1. The molecule has 0 bridgehead atoms. The zero-order valence-corrected chi connectivity index (χ0v) is 17.3. The molecule has 1 heterocycles. The molecule has 1 aliphatic heterocycles. The highest BCUT2D eigenvalue weighted by Gasteiger charge is 2.29. The second kappa shape index (κ2) is 9.30. The Morgan fingerprint density at radius 3 is 2.67 bits per heavy atom. The van der Waals surface area contributed by atoms with E-state index in [0.717, 1.165) is 11.3 Å². The monoisotopic (exact) mass is 410 g/mol. The minimum Gasteiger partial charge on any atom is -0.450 e. The van der Waals surface area contributed by atoms with Gasteiger partial charge in [-0.15, -0.1) is 0 Å². The molecule has 0 fully saturated rings. The van der Waals surface area contributed by atoms with Crippen LogP contribution in [-0.2, 0) is 14.3 Å². The van der Waals surface area contributed by atoms with Gasteiger partial charge in [0.15, 0.2) is 0 Å². The Labute approximate surface area is 175 Å². The minimum atomic E-state index is -0.527. The highest BCUT2D eigenvalue weighted by molar-refractivity contribution is 6.05. The third-order valence-corrected chi connectivity index (χ3v) is 4.90. The van der Waals surface area contributed by atoms with Crippen LogP contribution in [0.3, 0.4) is 0 Å². The molecule has 158 valence electrons. The number of amides is 3. The number of nitrogens with one attached hydrogen (secondary N) is 3. The summed E-state index contributed by atoms with van der Waals surface area (Å²) in [6.45, 7) is 5.76. The fourth-order valence-electron chi connectivity index (χ4n) is 3.46. The summed E-state index contributed by atoms with van der Waals surface area (Å²) < 4.78 is 4.92. The van der Waals surface area contributed by atoms with E-state index >= 15 is 0 Å². The summed E-state index contributed by atoms with van der Waals surface area (Å²) in [5.74, 6) is -0.276. The van der Waals surface area contributed by atoms with Gasteiger partial charge in [0.05, 0.1) is 24.5 Å². The summed E-state index contributed by atoms with van der Waals surface area (Å²) in [5.41, 5.74) is 3.42. The summed E-state index contributed by atoms with van der Waals surface area (Å²) in [6, 6.07) is 12.4. The number of rotatable bonds is 5. The van der Waals surface area contributed by atoms with Crippen LogP contribution < -0.4 is 20.9 Å². The van der Waals surface area contributed by atoms with E-state index in [4.69, 9.17) is 4.74 Å². The fraction of sp³-hybridized carbons (Fsp3) is 0.318. The maximum Gasteiger partial charge on any atom is 0.411 e. The summed E-state index contributed by atoms with van der Waals surface area (Å²) in [5, 5.41) is 8.69. The van der Waals surface area contributed by atoms with Crippen LogP contribution in [0.4, 0.5) is 27.5 Å². The molecule has 30 heavy (non-hydrogen) atoms. The average Bonchev–Trinajstić information content (AvgIpc) is 2.82. The smallest absolute Gasteiger partial charge is 0.411 e. The lowest BCUT2D eigenvalue weighted by Crippen LogP contribution is -2.42. The van der Waals surface area contributed by atoms with Crippen molar-refractivity contribution < 1.29 is 19.1 Å². The molecule has 0 aromatic heterocycles. The molecule has 0 spiro atoms. The quantitative estimate of drug-likeness (QED) is 0.697. The van der Waals surface area contributed by atoms with Crippen molar-refractivity contribution in [1.29, 1.82) is 0 Å². The van der Waals surface area contributed by atoms with Gasteiger partial charge in [0.25, 0.3) is 0 Å². The molecule has 0 unspecified atom stereocenters. The van der Waals surface area contributed by atoms with Gasteiger partial charge < -0.3 is 20.3 Å². The Kier molecular flexibility index (Phi) is 6.56. The normalized spacial score (nSPS) is 15.5. The number of ether oxygens (including phenoxy) is 1. The number of para-hydroxylation sites is 2. The maximum absolute atomic E-state index is 13.1. The van der Waals surface area contributed by atoms with Crippen molar-refractivity contribution in [2.45, 2.75) is 33.2 Å². The summed E-state index contributed by atoms with van der Waals surface area (Å²) in [6.07, 6.45) is -0.306. The van der Waals surface area contributed by atoms with Crippen molar-refractivity contribution in [3.05, 3.63) is 48.0 Å². The second-order valence-corrected chi connectivity index (χ2v) is 7.06. The summed E-state index contributed by atoms with van der Waals surface area (Å²) >= 11 is 0. The average molecular weight is 410 g/mol. The van der Waals surface area contributed by atoms with Crippen LogP contribution in [0.2, 0.25) is 0 Å². The van der Waals surface area contributed by atoms with Gasteiger partial charge in [-0.05, 0) is 50.6 Å².